The third kappa shape index (κ3) is 2.12. The molecule has 2 nitrogen and oxygen atoms in total. The van der Waals surface area contributed by atoms with Crippen LogP contribution in [0.2, 0.25) is 0 Å². The summed E-state index contributed by atoms with van der Waals surface area (Å²) in [5.74, 6) is 0.441. The van der Waals surface area contributed by atoms with E-state index in [2.05, 4.69) is 35.6 Å². The summed E-state index contributed by atoms with van der Waals surface area (Å²) in [6.07, 6.45) is 2.04. The first-order valence-electron chi connectivity index (χ1n) is 6.42. The maximum Gasteiger partial charge on any atom is 0.119 e. The molecular formula is C16H17NO. The third-order valence-corrected chi connectivity index (χ3v) is 3.64. The molecule has 0 bridgehead atoms. The van der Waals surface area contributed by atoms with E-state index in [0.29, 0.717) is 11.8 Å². The van der Waals surface area contributed by atoms with E-state index in [-0.39, 0.29) is 0 Å². The predicted octanol–water partition coefficient (Wildman–Crippen LogP) is 3.17. The topological polar surface area (TPSA) is 32.3 Å². The Balaban J connectivity index is 1.72. The molecular weight excluding hydrogens is 222 g/mol. The predicted molar refractivity (Wildman–Crippen MR) is 72.5 cm³/mol. The van der Waals surface area contributed by atoms with E-state index in [9.17, 15) is 5.11 Å². The summed E-state index contributed by atoms with van der Waals surface area (Å²) in [6, 6.07) is 16.6. The molecule has 0 aromatic heterocycles. The molecule has 0 saturated heterocycles. The van der Waals surface area contributed by atoms with E-state index in [1.54, 1.807) is 6.07 Å². The van der Waals surface area contributed by atoms with Gasteiger partial charge in [0.25, 0.3) is 0 Å². The van der Waals surface area contributed by atoms with Crippen molar-refractivity contribution in [3.8, 4) is 5.75 Å². The van der Waals surface area contributed by atoms with Gasteiger partial charge in [-0.15, -0.1) is 0 Å². The summed E-state index contributed by atoms with van der Waals surface area (Å²) >= 11 is 0. The lowest BCUT2D eigenvalue weighted by Crippen LogP contribution is -2.18. The maximum absolute atomic E-state index is 9.81. The van der Waals surface area contributed by atoms with Crippen LogP contribution in [0.25, 0.3) is 0 Å². The second-order valence-electron chi connectivity index (χ2n) is 4.80. The van der Waals surface area contributed by atoms with Crippen molar-refractivity contribution in [1.82, 2.24) is 5.32 Å². The van der Waals surface area contributed by atoms with Gasteiger partial charge >= 0.3 is 0 Å². The Kier molecular flexibility index (Phi) is 3.03. The van der Waals surface area contributed by atoms with Crippen LogP contribution in [0.5, 0.6) is 5.75 Å². The molecule has 0 saturated carbocycles. The van der Waals surface area contributed by atoms with Gasteiger partial charge in [0.15, 0.2) is 0 Å². The van der Waals surface area contributed by atoms with Gasteiger partial charge in [-0.1, -0.05) is 42.5 Å². The Hall–Kier alpha value is -1.80. The third-order valence-electron chi connectivity index (χ3n) is 3.64. The number of fused-ring (bicyclic) bond motifs is 1. The lowest BCUT2D eigenvalue weighted by atomic mass is 10.1. The number of phenolic OH excluding ortho intramolecular Hbond substituents is 1. The molecule has 0 fully saturated rings. The van der Waals surface area contributed by atoms with Gasteiger partial charge < -0.3 is 10.4 Å². The summed E-state index contributed by atoms with van der Waals surface area (Å²) in [7, 11) is 0. The molecule has 18 heavy (non-hydrogen) atoms. The molecule has 1 aliphatic rings. The highest BCUT2D eigenvalue weighted by molar-refractivity contribution is 5.44. The molecule has 3 rings (SSSR count). The standard InChI is InChI=1S/C16H17NO/c18-16-8-4-7-13-14(16)9-10-15(13)17-11-12-5-2-1-3-6-12/h1-8,15,17-18H,9-11H2. The number of benzene rings is 2. The average molecular weight is 239 g/mol. The van der Waals surface area contributed by atoms with Gasteiger partial charge in [0.05, 0.1) is 0 Å². The van der Waals surface area contributed by atoms with Crippen molar-refractivity contribution in [2.24, 2.45) is 0 Å². The van der Waals surface area contributed by atoms with E-state index in [1.165, 1.54) is 11.1 Å². The molecule has 2 aromatic carbocycles. The minimum absolute atomic E-state index is 0.368. The first-order chi connectivity index (χ1) is 8.84. The molecule has 2 N–H and O–H groups in total. The van der Waals surface area contributed by atoms with Crippen molar-refractivity contribution in [2.45, 2.75) is 25.4 Å². The largest absolute Gasteiger partial charge is 0.508 e. The minimum atomic E-state index is 0.368. The van der Waals surface area contributed by atoms with Crippen LogP contribution in [-0.4, -0.2) is 5.11 Å². The van der Waals surface area contributed by atoms with Crippen LogP contribution in [0.15, 0.2) is 48.5 Å². The highest BCUT2D eigenvalue weighted by atomic mass is 16.3. The zero-order valence-corrected chi connectivity index (χ0v) is 10.3. The summed E-state index contributed by atoms with van der Waals surface area (Å²) in [5, 5.41) is 13.4. The fourth-order valence-electron chi connectivity index (χ4n) is 2.68. The second kappa shape index (κ2) is 4.83. The second-order valence-corrected chi connectivity index (χ2v) is 4.80. The number of aromatic hydroxyl groups is 1. The van der Waals surface area contributed by atoms with Gasteiger partial charge in [-0.2, -0.15) is 0 Å². The van der Waals surface area contributed by atoms with E-state index in [1.807, 2.05) is 12.1 Å². The van der Waals surface area contributed by atoms with E-state index < -0.39 is 0 Å². The highest BCUT2D eigenvalue weighted by Crippen LogP contribution is 2.36. The van der Waals surface area contributed by atoms with Crippen LogP contribution in [0.3, 0.4) is 0 Å². The summed E-state index contributed by atoms with van der Waals surface area (Å²) in [5.41, 5.74) is 3.67. The molecule has 2 heteroatoms. The molecule has 92 valence electrons. The molecule has 1 aliphatic carbocycles. The summed E-state index contributed by atoms with van der Waals surface area (Å²) < 4.78 is 0. The monoisotopic (exact) mass is 239 g/mol. The van der Waals surface area contributed by atoms with E-state index in [0.717, 1.165) is 24.9 Å². The first kappa shape index (κ1) is 11.3. The normalized spacial score (nSPS) is 17.7. The van der Waals surface area contributed by atoms with Gasteiger partial charge in [0.2, 0.25) is 0 Å². The number of hydrogen-bond donors (Lipinski definition) is 2. The Morgan fingerprint density at radius 2 is 1.89 bits per heavy atom. The van der Waals surface area contributed by atoms with Crippen LogP contribution in [0.4, 0.5) is 0 Å². The van der Waals surface area contributed by atoms with Gasteiger partial charge in [-0.05, 0) is 35.6 Å². The van der Waals surface area contributed by atoms with E-state index in [4.69, 9.17) is 0 Å². The van der Waals surface area contributed by atoms with Crippen molar-refractivity contribution in [1.29, 1.82) is 0 Å². The van der Waals surface area contributed by atoms with Crippen LogP contribution in [-0.2, 0) is 13.0 Å². The molecule has 0 aliphatic heterocycles. The maximum atomic E-state index is 9.81. The lowest BCUT2D eigenvalue weighted by Gasteiger charge is -2.14. The molecule has 0 amide bonds. The lowest BCUT2D eigenvalue weighted by molar-refractivity contribution is 0.469. The Bertz CT molecular complexity index is 536. The summed E-state index contributed by atoms with van der Waals surface area (Å²) in [4.78, 5) is 0. The first-order valence-corrected chi connectivity index (χ1v) is 6.42. The zero-order chi connectivity index (χ0) is 12.4. The Morgan fingerprint density at radius 1 is 1.06 bits per heavy atom. The average Bonchev–Trinajstić information content (AvgIpc) is 2.82. The van der Waals surface area contributed by atoms with Crippen LogP contribution in [0, 0.1) is 0 Å². The van der Waals surface area contributed by atoms with Crippen molar-refractivity contribution < 1.29 is 5.11 Å². The quantitative estimate of drug-likeness (QED) is 0.862. The van der Waals surface area contributed by atoms with Crippen LogP contribution < -0.4 is 5.32 Å². The zero-order valence-electron chi connectivity index (χ0n) is 10.3. The van der Waals surface area contributed by atoms with Gasteiger partial charge in [0.1, 0.15) is 5.75 Å². The number of phenols is 1. The van der Waals surface area contributed by atoms with Gasteiger partial charge in [-0.25, -0.2) is 0 Å². The van der Waals surface area contributed by atoms with Crippen molar-refractivity contribution >= 4 is 0 Å². The number of hydrogen-bond acceptors (Lipinski definition) is 2. The minimum Gasteiger partial charge on any atom is -0.508 e. The molecule has 0 radical (unpaired) electrons. The SMILES string of the molecule is Oc1cccc2c1CCC2NCc1ccccc1. The molecule has 0 spiro atoms. The molecule has 1 atom stereocenters. The Morgan fingerprint density at radius 3 is 2.72 bits per heavy atom. The number of nitrogens with one attached hydrogen (secondary N) is 1. The van der Waals surface area contributed by atoms with Crippen molar-refractivity contribution in [2.75, 3.05) is 0 Å². The Labute approximate surface area is 107 Å². The molecule has 0 heterocycles. The van der Waals surface area contributed by atoms with Gasteiger partial charge in [0, 0.05) is 12.6 Å². The van der Waals surface area contributed by atoms with Crippen LogP contribution >= 0.6 is 0 Å². The molecule has 1 unspecified atom stereocenters. The van der Waals surface area contributed by atoms with Gasteiger partial charge in [-0.3, -0.25) is 0 Å². The van der Waals surface area contributed by atoms with Crippen molar-refractivity contribution in [3.05, 3.63) is 65.2 Å². The fourth-order valence-corrected chi connectivity index (χ4v) is 2.68. The highest BCUT2D eigenvalue weighted by Gasteiger charge is 2.23. The van der Waals surface area contributed by atoms with Crippen LogP contribution in [0.1, 0.15) is 29.2 Å². The fraction of sp³-hybridized carbons (Fsp3) is 0.250. The molecule has 2 aromatic rings. The smallest absolute Gasteiger partial charge is 0.119 e. The van der Waals surface area contributed by atoms with Crippen molar-refractivity contribution in [3.63, 3.8) is 0 Å². The van der Waals surface area contributed by atoms with E-state index >= 15 is 0 Å². The summed E-state index contributed by atoms with van der Waals surface area (Å²) in [6.45, 7) is 0.876. The number of rotatable bonds is 3.